The van der Waals surface area contributed by atoms with Crippen molar-refractivity contribution in [3.8, 4) is 22.6 Å². The van der Waals surface area contributed by atoms with E-state index < -0.39 is 29.1 Å². The first-order valence-electron chi connectivity index (χ1n) is 11.5. The van der Waals surface area contributed by atoms with E-state index in [-0.39, 0.29) is 22.9 Å². The lowest BCUT2D eigenvalue weighted by Crippen LogP contribution is -2.32. The third-order valence-corrected chi connectivity index (χ3v) is 6.37. The average molecular weight is 543 g/mol. The number of carbonyl (C=O) groups excluding carboxylic acids is 1. The third kappa shape index (κ3) is 4.89. The van der Waals surface area contributed by atoms with Crippen LogP contribution in [0.25, 0.3) is 27.7 Å². The zero-order valence-electron chi connectivity index (χ0n) is 21.1. The number of benzene rings is 3. The van der Waals surface area contributed by atoms with Gasteiger partial charge in [-0.25, -0.2) is 18.4 Å². The number of halogens is 3. The van der Waals surface area contributed by atoms with Gasteiger partial charge in [0, 0.05) is 52.9 Å². The van der Waals surface area contributed by atoms with Crippen LogP contribution >= 0.6 is 11.6 Å². The van der Waals surface area contributed by atoms with E-state index in [1.54, 1.807) is 50.7 Å². The number of hydrogen-bond acceptors (Lipinski definition) is 4. The van der Waals surface area contributed by atoms with Crippen LogP contribution < -0.4 is 0 Å². The summed E-state index contributed by atoms with van der Waals surface area (Å²) in [5.74, 6) is -3.39. The van der Waals surface area contributed by atoms with Crippen LogP contribution in [0.3, 0.4) is 0 Å². The minimum atomic E-state index is -1.11. The molecule has 10 heteroatoms. The summed E-state index contributed by atoms with van der Waals surface area (Å²) in [4.78, 5) is 25.0. The molecule has 3 aromatic carbocycles. The van der Waals surface area contributed by atoms with Crippen LogP contribution in [0.4, 0.5) is 13.6 Å². The van der Waals surface area contributed by atoms with E-state index in [4.69, 9.17) is 16.3 Å². The Bertz CT molecular complexity index is 1560. The van der Waals surface area contributed by atoms with E-state index in [0.29, 0.717) is 33.4 Å². The molecule has 0 saturated carbocycles. The predicted octanol–water partition coefficient (Wildman–Crippen LogP) is 6.61. The number of carbonyl (C=O) groups is 2. The van der Waals surface area contributed by atoms with Gasteiger partial charge in [0.15, 0.2) is 11.6 Å². The molecular weight excluding hydrogens is 518 g/mol. The van der Waals surface area contributed by atoms with Gasteiger partial charge in [-0.2, -0.15) is 0 Å². The van der Waals surface area contributed by atoms with Crippen LogP contribution in [0.1, 0.15) is 29.9 Å². The smallest absolute Gasteiger partial charge is 0.409 e. The van der Waals surface area contributed by atoms with Crippen LogP contribution in [-0.2, 0) is 10.2 Å². The van der Waals surface area contributed by atoms with Gasteiger partial charge in [-0.15, -0.1) is 0 Å². The van der Waals surface area contributed by atoms with Gasteiger partial charge in [-0.05, 0) is 48.0 Å². The summed E-state index contributed by atoms with van der Waals surface area (Å²) in [6.07, 6.45) is -0.577. The van der Waals surface area contributed by atoms with Crippen molar-refractivity contribution in [1.29, 1.82) is 0 Å². The first-order valence-corrected chi connectivity index (χ1v) is 11.9. The summed E-state index contributed by atoms with van der Waals surface area (Å²) in [5.41, 5.74) is 1.11. The molecule has 0 radical (unpaired) electrons. The van der Waals surface area contributed by atoms with Gasteiger partial charge in [0.2, 0.25) is 0 Å². The van der Waals surface area contributed by atoms with E-state index in [2.05, 4.69) is 0 Å². The number of nitrogens with zero attached hydrogens (tertiary/aromatic N) is 2. The Morgan fingerprint density at radius 3 is 2.26 bits per heavy atom. The molecule has 1 amide bonds. The maximum absolute atomic E-state index is 14.5. The molecule has 0 saturated heterocycles. The van der Waals surface area contributed by atoms with Crippen molar-refractivity contribution in [3.63, 3.8) is 0 Å². The highest BCUT2D eigenvalue weighted by Gasteiger charge is 2.35. The van der Waals surface area contributed by atoms with Gasteiger partial charge >= 0.3 is 12.1 Å². The molecule has 0 fully saturated rings. The van der Waals surface area contributed by atoms with Crippen LogP contribution in [0, 0.1) is 11.6 Å². The van der Waals surface area contributed by atoms with E-state index in [1.807, 2.05) is 0 Å². The minimum absolute atomic E-state index is 0.0547. The quantitative estimate of drug-likeness (QED) is 0.286. The Labute approximate surface area is 222 Å². The molecule has 0 atom stereocenters. The van der Waals surface area contributed by atoms with Gasteiger partial charge in [-0.3, -0.25) is 0 Å². The van der Waals surface area contributed by atoms with Crippen molar-refractivity contribution in [2.24, 2.45) is 0 Å². The maximum Gasteiger partial charge on any atom is 0.409 e. The van der Waals surface area contributed by atoms with Gasteiger partial charge in [0.1, 0.15) is 12.4 Å². The van der Waals surface area contributed by atoms with Crippen molar-refractivity contribution in [1.82, 2.24) is 9.47 Å². The number of aromatic carboxylic acids is 1. The number of ether oxygens (including phenoxy) is 1. The van der Waals surface area contributed by atoms with Crippen molar-refractivity contribution >= 4 is 34.6 Å². The molecule has 0 aliphatic rings. The second-order valence-corrected chi connectivity index (χ2v) is 10.1. The lowest BCUT2D eigenvalue weighted by Gasteiger charge is -2.29. The summed E-state index contributed by atoms with van der Waals surface area (Å²) < 4.78 is 35.6. The van der Waals surface area contributed by atoms with E-state index in [1.165, 1.54) is 29.2 Å². The zero-order chi connectivity index (χ0) is 27.9. The molecule has 0 aliphatic carbocycles. The van der Waals surface area contributed by atoms with E-state index in [9.17, 15) is 28.6 Å². The number of fused-ring (bicyclic) bond motifs is 1. The fraction of sp³-hybridized carbons (Fsp3) is 0.214. The summed E-state index contributed by atoms with van der Waals surface area (Å²) >= 11 is 6.31. The molecule has 0 spiro atoms. The standard InChI is InChI=1S/C28H25ClF2N2O5/c1-28(2,14-38-27(37)32(3)4)25-23(16-7-10-20(30)21(31)11-16)19-12-17(29)13-22(34)24(19)33(25)18-8-5-15(6-9-18)26(35)36/h5-13,34H,14H2,1-4H3,(H,35,36). The predicted molar refractivity (Wildman–Crippen MR) is 140 cm³/mol. The number of hydrogen-bond donors (Lipinski definition) is 2. The molecule has 38 heavy (non-hydrogen) atoms. The Morgan fingerprint density at radius 1 is 1.03 bits per heavy atom. The van der Waals surface area contributed by atoms with Crippen molar-refractivity contribution in [2.45, 2.75) is 19.3 Å². The SMILES string of the molecule is CN(C)C(=O)OCC(C)(C)c1c(-c2ccc(F)c(F)c2)c2cc(Cl)cc(O)c2n1-c1ccc(C(=O)O)cc1. The minimum Gasteiger partial charge on any atom is -0.506 e. The van der Waals surface area contributed by atoms with Crippen molar-refractivity contribution in [2.75, 3.05) is 20.7 Å². The number of carboxylic acids is 1. The molecule has 2 N–H and O–H groups in total. The number of phenolic OH excluding ortho intramolecular Hbond substituents is 1. The Hall–Kier alpha value is -4.11. The summed E-state index contributed by atoms with van der Waals surface area (Å²) in [5, 5.41) is 21.1. The lowest BCUT2D eigenvalue weighted by atomic mass is 9.84. The van der Waals surface area contributed by atoms with Crippen molar-refractivity contribution in [3.05, 3.63) is 82.5 Å². The van der Waals surface area contributed by atoms with Gasteiger partial charge in [-0.1, -0.05) is 31.5 Å². The third-order valence-electron chi connectivity index (χ3n) is 6.15. The first-order chi connectivity index (χ1) is 17.8. The van der Waals surface area contributed by atoms with Crippen LogP contribution in [0.5, 0.6) is 5.75 Å². The first kappa shape index (κ1) is 26.9. The highest BCUT2D eigenvalue weighted by atomic mass is 35.5. The maximum atomic E-state index is 14.5. The number of aromatic hydroxyl groups is 1. The molecule has 1 aromatic heterocycles. The second kappa shape index (κ2) is 9.98. The fourth-order valence-electron chi connectivity index (χ4n) is 4.40. The number of rotatable bonds is 6. The summed E-state index contributed by atoms with van der Waals surface area (Å²) in [6, 6.07) is 12.4. The molecule has 198 valence electrons. The lowest BCUT2D eigenvalue weighted by molar-refractivity contribution is 0.0696. The molecule has 4 aromatic rings. The Balaban J connectivity index is 2.12. The average Bonchev–Trinajstić information content (AvgIpc) is 3.20. The molecule has 7 nitrogen and oxygen atoms in total. The molecule has 0 bridgehead atoms. The van der Waals surface area contributed by atoms with E-state index in [0.717, 1.165) is 12.1 Å². The zero-order valence-corrected chi connectivity index (χ0v) is 21.8. The van der Waals surface area contributed by atoms with Crippen LogP contribution in [0.15, 0.2) is 54.6 Å². The summed E-state index contributed by atoms with van der Waals surface area (Å²) in [7, 11) is 3.09. The topological polar surface area (TPSA) is 92.0 Å². The largest absolute Gasteiger partial charge is 0.506 e. The summed E-state index contributed by atoms with van der Waals surface area (Å²) in [6.45, 7) is 3.49. The molecule has 0 aliphatic heterocycles. The highest BCUT2D eigenvalue weighted by Crippen LogP contribution is 2.46. The number of aromatic nitrogens is 1. The second-order valence-electron chi connectivity index (χ2n) is 9.69. The molecular formula is C28H25ClF2N2O5. The molecule has 4 rings (SSSR count). The number of phenols is 1. The monoisotopic (exact) mass is 542 g/mol. The van der Waals surface area contributed by atoms with E-state index >= 15 is 0 Å². The normalized spacial score (nSPS) is 11.6. The number of amides is 1. The van der Waals surface area contributed by atoms with Gasteiger partial charge in [0.25, 0.3) is 0 Å². The molecule has 0 unspecified atom stereocenters. The highest BCUT2D eigenvalue weighted by molar-refractivity contribution is 6.32. The molecule has 1 heterocycles. The van der Waals surface area contributed by atoms with Gasteiger partial charge in [0.05, 0.1) is 11.1 Å². The van der Waals surface area contributed by atoms with Crippen LogP contribution in [-0.4, -0.2) is 52.4 Å². The van der Waals surface area contributed by atoms with Gasteiger partial charge < -0.3 is 24.4 Å². The Kier molecular flexibility index (Phi) is 7.08. The van der Waals surface area contributed by atoms with Crippen molar-refractivity contribution < 1.29 is 33.3 Å². The fourth-order valence-corrected chi connectivity index (χ4v) is 4.61. The number of carboxylic acid groups (broad SMARTS) is 1. The van der Waals surface area contributed by atoms with Crippen LogP contribution in [0.2, 0.25) is 5.02 Å². The Morgan fingerprint density at radius 2 is 1.68 bits per heavy atom.